The maximum atomic E-state index is 14.0. The fraction of sp³-hybridized carbons (Fsp3) is 0.174. The van der Waals surface area contributed by atoms with Gasteiger partial charge in [-0.25, -0.2) is 4.39 Å². The van der Waals surface area contributed by atoms with Crippen LogP contribution in [0.3, 0.4) is 0 Å². The molecule has 5 heteroatoms. The molecule has 2 heterocycles. The highest BCUT2D eigenvalue weighted by Crippen LogP contribution is 2.50. The zero-order valence-corrected chi connectivity index (χ0v) is 16.1. The van der Waals surface area contributed by atoms with Crippen molar-refractivity contribution in [1.29, 1.82) is 0 Å². The first-order chi connectivity index (χ1) is 13.7. The quantitative estimate of drug-likeness (QED) is 0.552. The van der Waals surface area contributed by atoms with Gasteiger partial charge in [-0.3, -0.25) is 4.99 Å². The molecule has 0 saturated heterocycles. The first-order valence-electron chi connectivity index (χ1n) is 9.14. The van der Waals surface area contributed by atoms with E-state index in [0.29, 0.717) is 12.4 Å². The summed E-state index contributed by atoms with van der Waals surface area (Å²) in [5.74, 6) is 1.25. The number of hydrogen-bond donors (Lipinski definition) is 0. The van der Waals surface area contributed by atoms with Crippen molar-refractivity contribution in [1.82, 2.24) is 0 Å². The summed E-state index contributed by atoms with van der Waals surface area (Å²) in [6, 6.07) is 20.9. The van der Waals surface area contributed by atoms with Crippen molar-refractivity contribution in [3.05, 3.63) is 83.7 Å². The first kappa shape index (κ1) is 17.3. The molecule has 0 bridgehead atoms. The highest BCUT2D eigenvalue weighted by atomic mass is 32.2. The molecule has 0 saturated carbocycles. The molecule has 28 heavy (non-hydrogen) atoms. The van der Waals surface area contributed by atoms with Gasteiger partial charge in [0.05, 0.1) is 31.0 Å². The number of hydrogen-bond acceptors (Lipinski definition) is 4. The van der Waals surface area contributed by atoms with Gasteiger partial charge in [0, 0.05) is 15.7 Å². The van der Waals surface area contributed by atoms with Crippen molar-refractivity contribution in [3.63, 3.8) is 0 Å². The lowest BCUT2D eigenvalue weighted by atomic mass is 9.88. The minimum atomic E-state index is -0.281. The lowest BCUT2D eigenvalue weighted by Crippen LogP contribution is -2.32. The standard InChI is InChI=1S/C23H18FNO2S/c1-26-16-9-6-14(7-10-16)23-18-13-27-20-11-8-15(24)12-17(20)22(18)25-19-4-2-3-5-21(19)28-23/h2-12,18,23H,13H2,1H3. The first-order valence-corrected chi connectivity index (χ1v) is 10.0. The average molecular weight is 391 g/mol. The minimum absolute atomic E-state index is 0.0140. The van der Waals surface area contributed by atoms with Crippen molar-refractivity contribution in [2.45, 2.75) is 10.1 Å². The van der Waals surface area contributed by atoms with Crippen molar-refractivity contribution in [2.24, 2.45) is 10.9 Å². The van der Waals surface area contributed by atoms with Gasteiger partial charge in [0.2, 0.25) is 0 Å². The Labute approximate surface area is 167 Å². The van der Waals surface area contributed by atoms with Crippen molar-refractivity contribution in [3.8, 4) is 11.5 Å². The third-order valence-corrected chi connectivity index (χ3v) is 6.61. The van der Waals surface area contributed by atoms with E-state index in [0.717, 1.165) is 27.6 Å². The molecule has 0 aliphatic carbocycles. The Morgan fingerprint density at radius 3 is 2.71 bits per heavy atom. The van der Waals surface area contributed by atoms with E-state index in [1.54, 1.807) is 24.9 Å². The monoisotopic (exact) mass is 391 g/mol. The number of aliphatic imine (C=N–C) groups is 1. The average Bonchev–Trinajstić information content (AvgIpc) is 2.91. The van der Waals surface area contributed by atoms with Crippen LogP contribution >= 0.6 is 11.8 Å². The molecule has 3 aromatic carbocycles. The number of thioether (sulfide) groups is 1. The lowest BCUT2D eigenvalue weighted by Gasteiger charge is -2.31. The molecule has 3 aromatic rings. The zero-order chi connectivity index (χ0) is 19.1. The summed E-state index contributed by atoms with van der Waals surface area (Å²) in [5, 5.41) is 0.102. The highest BCUT2D eigenvalue weighted by Gasteiger charge is 2.37. The molecule has 140 valence electrons. The largest absolute Gasteiger partial charge is 0.497 e. The molecule has 5 rings (SSSR count). The fourth-order valence-electron chi connectivity index (χ4n) is 3.75. The molecule has 0 N–H and O–H groups in total. The Morgan fingerprint density at radius 1 is 1.07 bits per heavy atom. The number of para-hydroxylation sites is 1. The van der Waals surface area contributed by atoms with Crippen LogP contribution in [-0.2, 0) is 0 Å². The van der Waals surface area contributed by atoms with Gasteiger partial charge in [0.1, 0.15) is 17.3 Å². The Balaban J connectivity index is 1.67. The second-order valence-electron chi connectivity index (χ2n) is 6.83. The summed E-state index contributed by atoms with van der Waals surface area (Å²) in [5.41, 5.74) is 3.72. The van der Waals surface area contributed by atoms with E-state index in [1.807, 2.05) is 30.3 Å². The van der Waals surface area contributed by atoms with E-state index in [4.69, 9.17) is 14.5 Å². The molecule has 0 spiro atoms. The molecule has 2 atom stereocenters. The van der Waals surface area contributed by atoms with E-state index >= 15 is 0 Å². The Hall–Kier alpha value is -2.79. The Bertz CT molecular complexity index is 1060. The molecule has 2 aliphatic heterocycles. The van der Waals surface area contributed by atoms with Crippen LogP contribution in [0.2, 0.25) is 0 Å². The van der Waals surface area contributed by atoms with Gasteiger partial charge >= 0.3 is 0 Å². The molecule has 2 aliphatic rings. The number of nitrogens with zero attached hydrogens (tertiary/aromatic N) is 1. The highest BCUT2D eigenvalue weighted by molar-refractivity contribution is 7.99. The molecule has 2 unspecified atom stereocenters. The van der Waals surface area contributed by atoms with Gasteiger partial charge in [-0.2, -0.15) is 0 Å². The normalized spacial score (nSPS) is 20.0. The van der Waals surface area contributed by atoms with Crippen LogP contribution in [0, 0.1) is 11.7 Å². The smallest absolute Gasteiger partial charge is 0.128 e. The van der Waals surface area contributed by atoms with E-state index < -0.39 is 0 Å². The lowest BCUT2D eigenvalue weighted by molar-refractivity contribution is 0.271. The van der Waals surface area contributed by atoms with Crippen molar-refractivity contribution in [2.75, 3.05) is 13.7 Å². The van der Waals surface area contributed by atoms with Crippen LogP contribution in [0.4, 0.5) is 10.1 Å². The zero-order valence-electron chi connectivity index (χ0n) is 15.3. The Kier molecular flexibility index (Phi) is 4.32. The van der Waals surface area contributed by atoms with Crippen molar-refractivity contribution >= 4 is 23.2 Å². The SMILES string of the molecule is COc1ccc(C2Sc3ccccc3N=C3c4cc(F)ccc4OCC32)cc1. The number of ether oxygens (including phenoxy) is 2. The molecule has 0 radical (unpaired) electrons. The van der Waals surface area contributed by atoms with Gasteiger partial charge < -0.3 is 9.47 Å². The number of benzene rings is 3. The summed E-state index contributed by atoms with van der Waals surface area (Å²) < 4.78 is 25.3. The van der Waals surface area contributed by atoms with Gasteiger partial charge in [-0.15, -0.1) is 11.8 Å². The van der Waals surface area contributed by atoms with Gasteiger partial charge in [-0.1, -0.05) is 24.3 Å². The molecule has 3 nitrogen and oxygen atoms in total. The fourth-order valence-corrected chi connectivity index (χ4v) is 5.08. The third kappa shape index (κ3) is 2.96. The van der Waals surface area contributed by atoms with Gasteiger partial charge in [0.25, 0.3) is 0 Å². The number of rotatable bonds is 2. The van der Waals surface area contributed by atoms with Crippen LogP contribution in [0.15, 0.2) is 76.6 Å². The molecule has 0 amide bonds. The predicted octanol–water partition coefficient (Wildman–Crippen LogP) is 5.81. The predicted molar refractivity (Wildman–Crippen MR) is 110 cm³/mol. The number of fused-ring (bicyclic) bond motifs is 4. The second kappa shape index (κ2) is 6.99. The minimum Gasteiger partial charge on any atom is -0.497 e. The number of halogens is 1. The van der Waals surface area contributed by atoms with E-state index in [1.165, 1.54) is 17.7 Å². The van der Waals surface area contributed by atoms with Crippen LogP contribution in [0.5, 0.6) is 11.5 Å². The van der Waals surface area contributed by atoms with Crippen LogP contribution < -0.4 is 9.47 Å². The second-order valence-corrected chi connectivity index (χ2v) is 8.02. The molecule has 0 aromatic heterocycles. The summed E-state index contributed by atoms with van der Waals surface area (Å²) in [7, 11) is 1.66. The van der Waals surface area contributed by atoms with Crippen LogP contribution in [-0.4, -0.2) is 19.4 Å². The molecule has 0 fully saturated rings. The number of methoxy groups -OCH3 is 1. The summed E-state index contributed by atoms with van der Waals surface area (Å²) in [6.07, 6.45) is 0. The van der Waals surface area contributed by atoms with E-state index in [-0.39, 0.29) is 17.0 Å². The maximum Gasteiger partial charge on any atom is 0.128 e. The molecular formula is C23H18FNO2S. The van der Waals surface area contributed by atoms with E-state index in [2.05, 4.69) is 18.2 Å². The van der Waals surface area contributed by atoms with Crippen molar-refractivity contribution < 1.29 is 13.9 Å². The van der Waals surface area contributed by atoms with E-state index in [9.17, 15) is 4.39 Å². The van der Waals surface area contributed by atoms with Crippen LogP contribution in [0.25, 0.3) is 0 Å². The summed E-state index contributed by atoms with van der Waals surface area (Å²) in [4.78, 5) is 6.09. The maximum absolute atomic E-state index is 14.0. The Morgan fingerprint density at radius 2 is 1.89 bits per heavy atom. The third-order valence-electron chi connectivity index (χ3n) is 5.16. The summed E-state index contributed by atoms with van der Waals surface area (Å²) in [6.45, 7) is 0.509. The summed E-state index contributed by atoms with van der Waals surface area (Å²) >= 11 is 1.78. The van der Waals surface area contributed by atoms with Crippen LogP contribution in [0.1, 0.15) is 16.4 Å². The molecular weight excluding hydrogens is 373 g/mol. The van der Waals surface area contributed by atoms with Gasteiger partial charge in [0.15, 0.2) is 0 Å². The topological polar surface area (TPSA) is 30.8 Å². The van der Waals surface area contributed by atoms with Gasteiger partial charge in [-0.05, 0) is 48.0 Å².